The molecular weight excluding hydrogens is 723 g/mol. The first kappa shape index (κ1) is 32.8. The van der Waals surface area contributed by atoms with E-state index in [1.807, 2.05) is 11.3 Å². The van der Waals surface area contributed by atoms with Gasteiger partial charge >= 0.3 is 0 Å². The van der Waals surface area contributed by atoms with Crippen molar-refractivity contribution in [3.63, 3.8) is 0 Å². The van der Waals surface area contributed by atoms with Crippen LogP contribution in [0.15, 0.2) is 212 Å². The van der Waals surface area contributed by atoms with Crippen molar-refractivity contribution in [1.82, 2.24) is 9.13 Å². The zero-order valence-corrected chi connectivity index (χ0v) is 32.3. The van der Waals surface area contributed by atoms with Crippen LogP contribution in [0.3, 0.4) is 0 Å². The fourth-order valence-electron chi connectivity index (χ4n) is 9.15. The zero-order valence-electron chi connectivity index (χ0n) is 31.5. The van der Waals surface area contributed by atoms with Crippen molar-refractivity contribution in [3.05, 3.63) is 212 Å². The van der Waals surface area contributed by atoms with Gasteiger partial charge in [0.15, 0.2) is 0 Å². The summed E-state index contributed by atoms with van der Waals surface area (Å²) >= 11 is 1.87. The lowest BCUT2D eigenvalue weighted by Crippen LogP contribution is -2.10. The molecule has 12 rings (SSSR count). The van der Waals surface area contributed by atoms with Crippen LogP contribution >= 0.6 is 11.3 Å². The quantitative estimate of drug-likeness (QED) is 0.165. The van der Waals surface area contributed by atoms with Gasteiger partial charge in [-0.05, 0) is 90.5 Å². The van der Waals surface area contributed by atoms with Gasteiger partial charge in [-0.1, -0.05) is 127 Å². The molecule has 0 bridgehead atoms. The molecule has 0 fully saturated rings. The first-order chi connectivity index (χ1) is 28.8. The number of anilines is 3. The van der Waals surface area contributed by atoms with Crippen LogP contribution < -0.4 is 4.90 Å². The molecule has 0 saturated carbocycles. The fourth-order valence-corrected chi connectivity index (χ4v) is 10.3. The largest absolute Gasteiger partial charge is 0.310 e. The lowest BCUT2D eigenvalue weighted by Gasteiger charge is -2.26. The topological polar surface area (TPSA) is 13.1 Å². The number of thiophene rings is 1. The molecule has 9 aromatic carbocycles. The number of para-hydroxylation sites is 5. The van der Waals surface area contributed by atoms with E-state index in [9.17, 15) is 0 Å². The van der Waals surface area contributed by atoms with Crippen LogP contribution in [-0.2, 0) is 0 Å². The molecule has 0 atom stereocenters. The van der Waals surface area contributed by atoms with Crippen LogP contribution in [0.2, 0.25) is 0 Å². The van der Waals surface area contributed by atoms with Crippen molar-refractivity contribution in [2.24, 2.45) is 0 Å². The van der Waals surface area contributed by atoms with E-state index >= 15 is 0 Å². The zero-order chi connectivity index (χ0) is 38.2. The summed E-state index contributed by atoms with van der Waals surface area (Å²) < 4.78 is 7.52. The summed E-state index contributed by atoms with van der Waals surface area (Å²) in [5.41, 5.74) is 12.7. The van der Waals surface area contributed by atoms with E-state index in [1.165, 1.54) is 69.3 Å². The van der Waals surface area contributed by atoms with Crippen molar-refractivity contribution in [2.45, 2.75) is 0 Å². The van der Waals surface area contributed by atoms with Crippen LogP contribution in [0.5, 0.6) is 0 Å². The molecule has 272 valence electrons. The minimum absolute atomic E-state index is 1.10. The molecule has 0 N–H and O–H groups in total. The Morgan fingerprint density at radius 1 is 0.328 bits per heavy atom. The average Bonchev–Trinajstić information content (AvgIpc) is 3.94. The van der Waals surface area contributed by atoms with Crippen molar-refractivity contribution in [3.8, 4) is 22.5 Å². The van der Waals surface area contributed by atoms with Gasteiger partial charge in [0.1, 0.15) is 0 Å². The number of hydrogen-bond acceptors (Lipinski definition) is 2. The van der Waals surface area contributed by atoms with Gasteiger partial charge in [-0.15, -0.1) is 11.3 Å². The van der Waals surface area contributed by atoms with Crippen molar-refractivity contribution >= 4 is 92.2 Å². The molecule has 0 amide bonds. The standard InChI is InChI=1S/C54H35N3S/c1-4-16-37(17-5-1)55(38-18-6-2-7-19-38)41-33-47(36-28-30-44-42-22-10-13-25-49(42)56(51(44)32-36)39-20-8-3-9-21-39)54-48(34-41)43-23-11-14-26-50(43)57(54)40-29-31-46-45-24-12-15-27-52(45)58-53(46)35-40/h1-35H. The number of hydrogen-bond donors (Lipinski definition) is 0. The number of nitrogens with zero attached hydrogens (tertiary/aromatic N) is 3. The van der Waals surface area contributed by atoms with E-state index in [2.05, 4.69) is 226 Å². The lowest BCUT2D eigenvalue weighted by molar-refractivity contribution is 1.18. The molecule has 12 aromatic rings. The second kappa shape index (κ2) is 13.1. The van der Waals surface area contributed by atoms with Crippen LogP contribution in [0.4, 0.5) is 17.1 Å². The third-order valence-corrected chi connectivity index (χ3v) is 12.8. The molecule has 0 unspecified atom stereocenters. The molecule has 0 radical (unpaired) electrons. The van der Waals surface area contributed by atoms with Gasteiger partial charge in [0.2, 0.25) is 0 Å². The molecule has 58 heavy (non-hydrogen) atoms. The molecule has 3 heterocycles. The van der Waals surface area contributed by atoms with E-state index in [-0.39, 0.29) is 0 Å². The summed E-state index contributed by atoms with van der Waals surface area (Å²) in [7, 11) is 0. The summed E-state index contributed by atoms with van der Waals surface area (Å²) in [6, 6.07) is 77.5. The summed E-state index contributed by atoms with van der Waals surface area (Å²) in [6.07, 6.45) is 0. The summed E-state index contributed by atoms with van der Waals surface area (Å²) in [6.45, 7) is 0. The first-order valence-electron chi connectivity index (χ1n) is 19.8. The number of benzene rings is 9. The molecule has 4 heteroatoms. The van der Waals surface area contributed by atoms with E-state index in [1.54, 1.807) is 0 Å². The number of aromatic nitrogens is 2. The maximum Gasteiger partial charge on any atom is 0.0621 e. The fraction of sp³-hybridized carbons (Fsp3) is 0. The maximum atomic E-state index is 2.50. The van der Waals surface area contributed by atoms with Crippen LogP contribution in [0.25, 0.3) is 86.3 Å². The summed E-state index contributed by atoms with van der Waals surface area (Å²) in [5, 5.41) is 7.52. The predicted molar refractivity (Wildman–Crippen MR) is 248 cm³/mol. The summed E-state index contributed by atoms with van der Waals surface area (Å²) in [5.74, 6) is 0. The maximum absolute atomic E-state index is 2.50. The second-order valence-electron chi connectivity index (χ2n) is 14.9. The molecule has 0 aliphatic carbocycles. The van der Waals surface area contributed by atoms with Crippen molar-refractivity contribution in [2.75, 3.05) is 4.90 Å². The second-order valence-corrected chi connectivity index (χ2v) is 16.0. The smallest absolute Gasteiger partial charge is 0.0621 e. The van der Waals surface area contributed by atoms with E-state index in [0.29, 0.717) is 0 Å². The Kier molecular flexibility index (Phi) is 7.40. The highest BCUT2D eigenvalue weighted by atomic mass is 32.1. The minimum Gasteiger partial charge on any atom is -0.310 e. The van der Waals surface area contributed by atoms with E-state index in [0.717, 1.165) is 34.0 Å². The van der Waals surface area contributed by atoms with Crippen LogP contribution in [-0.4, -0.2) is 9.13 Å². The molecule has 0 aliphatic rings. The van der Waals surface area contributed by atoms with Crippen molar-refractivity contribution in [1.29, 1.82) is 0 Å². The Bertz CT molecular complexity index is 3460. The van der Waals surface area contributed by atoms with Gasteiger partial charge in [-0.2, -0.15) is 0 Å². The average molecular weight is 758 g/mol. The van der Waals surface area contributed by atoms with Gasteiger partial charge in [-0.3, -0.25) is 0 Å². The normalized spacial score (nSPS) is 11.8. The highest BCUT2D eigenvalue weighted by Gasteiger charge is 2.23. The van der Waals surface area contributed by atoms with Gasteiger partial charge in [0.25, 0.3) is 0 Å². The van der Waals surface area contributed by atoms with Gasteiger partial charge in [0.05, 0.1) is 22.1 Å². The monoisotopic (exact) mass is 757 g/mol. The molecule has 0 aliphatic heterocycles. The van der Waals surface area contributed by atoms with Crippen LogP contribution in [0, 0.1) is 0 Å². The third kappa shape index (κ3) is 5.05. The van der Waals surface area contributed by atoms with E-state index < -0.39 is 0 Å². The molecule has 0 spiro atoms. The Balaban J connectivity index is 1.21. The van der Waals surface area contributed by atoms with Gasteiger partial charge in [0, 0.05) is 75.7 Å². The number of fused-ring (bicyclic) bond motifs is 9. The van der Waals surface area contributed by atoms with Gasteiger partial charge in [-0.25, -0.2) is 0 Å². The van der Waals surface area contributed by atoms with E-state index in [4.69, 9.17) is 0 Å². The highest BCUT2D eigenvalue weighted by Crippen LogP contribution is 2.46. The SMILES string of the molecule is c1ccc(N(c2ccccc2)c2cc(-c3ccc4c5ccccc5n(-c5ccccc5)c4c3)c3c(c2)c2ccccc2n3-c2ccc3c(c2)sc2ccccc23)cc1. The number of rotatable bonds is 6. The molecular formula is C54H35N3S. The minimum atomic E-state index is 1.10. The van der Waals surface area contributed by atoms with Gasteiger partial charge < -0.3 is 14.0 Å². The molecule has 3 aromatic heterocycles. The lowest BCUT2D eigenvalue weighted by atomic mass is 9.98. The highest BCUT2D eigenvalue weighted by molar-refractivity contribution is 7.25. The Morgan fingerprint density at radius 2 is 0.879 bits per heavy atom. The Labute approximate surface area is 339 Å². The Hall–Kier alpha value is -7.40. The molecule has 0 saturated heterocycles. The first-order valence-corrected chi connectivity index (χ1v) is 20.6. The molecule has 3 nitrogen and oxygen atoms in total. The Morgan fingerprint density at radius 3 is 1.60 bits per heavy atom. The summed E-state index contributed by atoms with van der Waals surface area (Å²) in [4.78, 5) is 2.39. The van der Waals surface area contributed by atoms with Crippen LogP contribution in [0.1, 0.15) is 0 Å². The van der Waals surface area contributed by atoms with Crippen molar-refractivity contribution < 1.29 is 0 Å². The third-order valence-electron chi connectivity index (χ3n) is 11.7. The predicted octanol–water partition coefficient (Wildman–Crippen LogP) is 15.4.